The van der Waals surface area contributed by atoms with Gasteiger partial charge in [0, 0.05) is 11.8 Å². The lowest BCUT2D eigenvalue weighted by atomic mass is 9.99. The lowest BCUT2D eigenvalue weighted by Crippen LogP contribution is -2.03. The molecule has 0 fully saturated rings. The van der Waals surface area contributed by atoms with E-state index in [-0.39, 0.29) is 11.4 Å². The highest BCUT2D eigenvalue weighted by Crippen LogP contribution is 2.27. The van der Waals surface area contributed by atoms with Crippen LogP contribution in [-0.2, 0) is 0 Å². The Kier molecular flexibility index (Phi) is 3.51. The summed E-state index contributed by atoms with van der Waals surface area (Å²) in [4.78, 5) is 15.3. The van der Waals surface area contributed by atoms with Gasteiger partial charge in [-0.2, -0.15) is 0 Å². The van der Waals surface area contributed by atoms with Crippen molar-refractivity contribution in [3.63, 3.8) is 0 Å². The van der Waals surface area contributed by atoms with E-state index in [1.165, 1.54) is 7.11 Å². The Balaban J connectivity index is 2.60. The first-order valence-electron chi connectivity index (χ1n) is 5.88. The second-order valence-corrected chi connectivity index (χ2v) is 4.40. The van der Waals surface area contributed by atoms with Crippen LogP contribution in [0.4, 0.5) is 0 Å². The molecule has 0 saturated carbocycles. The summed E-state index contributed by atoms with van der Waals surface area (Å²) < 4.78 is 4.96. The maximum atomic E-state index is 11.2. The van der Waals surface area contributed by atoms with Crippen molar-refractivity contribution < 1.29 is 14.6 Å². The number of carboxylic acid groups (broad SMARTS) is 1. The number of carboxylic acids is 1. The quantitative estimate of drug-likeness (QED) is 0.918. The number of aromatic nitrogens is 1. The Morgan fingerprint density at radius 2 is 2.00 bits per heavy atom. The SMILES string of the molecule is COc1ncc(-c2cc(C)ccc2C)cc1C(=O)O. The summed E-state index contributed by atoms with van der Waals surface area (Å²) in [5.41, 5.74) is 4.03. The van der Waals surface area contributed by atoms with Gasteiger partial charge in [0.25, 0.3) is 0 Å². The third-order valence-corrected chi connectivity index (χ3v) is 2.98. The van der Waals surface area contributed by atoms with Crippen LogP contribution in [-0.4, -0.2) is 23.2 Å². The molecule has 0 aliphatic rings. The molecule has 0 aliphatic carbocycles. The molecule has 0 radical (unpaired) electrons. The number of aryl methyl sites for hydroxylation is 2. The summed E-state index contributed by atoms with van der Waals surface area (Å²) in [7, 11) is 1.41. The van der Waals surface area contributed by atoms with Gasteiger partial charge in [-0.05, 0) is 31.0 Å². The minimum atomic E-state index is -1.04. The number of aromatic carboxylic acids is 1. The van der Waals surface area contributed by atoms with Crippen LogP contribution in [0.25, 0.3) is 11.1 Å². The van der Waals surface area contributed by atoms with E-state index in [1.54, 1.807) is 12.3 Å². The molecular formula is C15H15NO3. The largest absolute Gasteiger partial charge is 0.480 e. The fourth-order valence-corrected chi connectivity index (χ4v) is 1.96. The van der Waals surface area contributed by atoms with Crippen molar-refractivity contribution in [2.45, 2.75) is 13.8 Å². The predicted octanol–water partition coefficient (Wildman–Crippen LogP) is 3.07. The molecule has 0 unspecified atom stereocenters. The molecule has 0 amide bonds. The number of hydrogen-bond acceptors (Lipinski definition) is 3. The first-order valence-corrected chi connectivity index (χ1v) is 5.88. The molecule has 4 nitrogen and oxygen atoms in total. The monoisotopic (exact) mass is 257 g/mol. The molecule has 1 aromatic carbocycles. The lowest BCUT2D eigenvalue weighted by Gasteiger charge is -2.10. The van der Waals surface area contributed by atoms with Crippen LogP contribution < -0.4 is 4.74 Å². The summed E-state index contributed by atoms with van der Waals surface area (Å²) in [5.74, 6) is -0.918. The molecular weight excluding hydrogens is 242 g/mol. The highest BCUT2D eigenvalue weighted by Gasteiger charge is 2.14. The Hall–Kier alpha value is -2.36. The van der Waals surface area contributed by atoms with E-state index in [4.69, 9.17) is 4.74 Å². The maximum Gasteiger partial charge on any atom is 0.341 e. The maximum absolute atomic E-state index is 11.2. The summed E-state index contributed by atoms with van der Waals surface area (Å²) in [6, 6.07) is 7.64. The summed E-state index contributed by atoms with van der Waals surface area (Å²) in [6.45, 7) is 3.98. The number of pyridine rings is 1. The van der Waals surface area contributed by atoms with Crippen molar-refractivity contribution >= 4 is 5.97 Å². The zero-order valence-corrected chi connectivity index (χ0v) is 11.1. The molecule has 1 aromatic heterocycles. The zero-order valence-electron chi connectivity index (χ0n) is 11.1. The molecule has 19 heavy (non-hydrogen) atoms. The molecule has 2 aromatic rings. The van der Waals surface area contributed by atoms with Gasteiger partial charge in [0.15, 0.2) is 0 Å². The van der Waals surface area contributed by atoms with Gasteiger partial charge in [-0.3, -0.25) is 0 Å². The Labute approximate surface area is 111 Å². The van der Waals surface area contributed by atoms with E-state index >= 15 is 0 Å². The van der Waals surface area contributed by atoms with E-state index < -0.39 is 5.97 Å². The van der Waals surface area contributed by atoms with Crippen LogP contribution in [0.1, 0.15) is 21.5 Å². The number of carbonyl (C=O) groups is 1. The molecule has 4 heteroatoms. The topological polar surface area (TPSA) is 59.4 Å². The van der Waals surface area contributed by atoms with Gasteiger partial charge in [0.1, 0.15) is 5.56 Å². The number of nitrogens with zero attached hydrogens (tertiary/aromatic N) is 1. The molecule has 1 heterocycles. The molecule has 0 bridgehead atoms. The Morgan fingerprint density at radius 1 is 1.26 bits per heavy atom. The summed E-state index contributed by atoms with van der Waals surface area (Å²) in [6.07, 6.45) is 1.63. The third-order valence-electron chi connectivity index (χ3n) is 2.98. The van der Waals surface area contributed by atoms with Crippen molar-refractivity contribution in [1.82, 2.24) is 4.98 Å². The van der Waals surface area contributed by atoms with Gasteiger partial charge in [-0.1, -0.05) is 23.8 Å². The minimum Gasteiger partial charge on any atom is -0.480 e. The van der Waals surface area contributed by atoms with Gasteiger partial charge in [-0.25, -0.2) is 9.78 Å². The summed E-state index contributed by atoms with van der Waals surface area (Å²) >= 11 is 0. The highest BCUT2D eigenvalue weighted by molar-refractivity contribution is 5.92. The van der Waals surface area contributed by atoms with Crippen LogP contribution in [0, 0.1) is 13.8 Å². The van der Waals surface area contributed by atoms with Gasteiger partial charge in [0.2, 0.25) is 5.88 Å². The number of methoxy groups -OCH3 is 1. The van der Waals surface area contributed by atoms with Crippen molar-refractivity contribution in [2.24, 2.45) is 0 Å². The second-order valence-electron chi connectivity index (χ2n) is 4.40. The number of rotatable bonds is 3. The second kappa shape index (κ2) is 5.10. The standard InChI is InChI=1S/C15H15NO3/c1-9-4-5-10(2)12(6-9)11-7-13(15(17)18)14(19-3)16-8-11/h4-8H,1-3H3,(H,17,18). The first-order chi connectivity index (χ1) is 9.02. The van der Waals surface area contributed by atoms with E-state index in [1.807, 2.05) is 32.0 Å². The van der Waals surface area contributed by atoms with Crippen molar-refractivity contribution in [2.75, 3.05) is 7.11 Å². The van der Waals surface area contributed by atoms with E-state index in [9.17, 15) is 9.90 Å². The van der Waals surface area contributed by atoms with Crippen LogP contribution >= 0.6 is 0 Å². The third kappa shape index (κ3) is 2.57. The minimum absolute atomic E-state index is 0.0703. The van der Waals surface area contributed by atoms with E-state index in [0.29, 0.717) is 0 Å². The van der Waals surface area contributed by atoms with Gasteiger partial charge >= 0.3 is 5.97 Å². The summed E-state index contributed by atoms with van der Waals surface area (Å²) in [5, 5.41) is 9.17. The molecule has 0 aliphatic heterocycles. The smallest absolute Gasteiger partial charge is 0.341 e. The molecule has 2 rings (SSSR count). The highest BCUT2D eigenvalue weighted by atomic mass is 16.5. The molecule has 0 atom stereocenters. The molecule has 98 valence electrons. The van der Waals surface area contributed by atoms with Crippen molar-refractivity contribution in [1.29, 1.82) is 0 Å². The average molecular weight is 257 g/mol. The lowest BCUT2D eigenvalue weighted by molar-refractivity contribution is 0.0692. The molecule has 0 spiro atoms. The number of benzene rings is 1. The van der Waals surface area contributed by atoms with Crippen LogP contribution in [0.2, 0.25) is 0 Å². The van der Waals surface area contributed by atoms with Gasteiger partial charge in [0.05, 0.1) is 7.11 Å². The molecule has 1 N–H and O–H groups in total. The molecule has 0 saturated heterocycles. The van der Waals surface area contributed by atoms with E-state index in [2.05, 4.69) is 4.98 Å². The number of ether oxygens (including phenoxy) is 1. The average Bonchev–Trinajstić information content (AvgIpc) is 2.40. The van der Waals surface area contributed by atoms with Crippen molar-refractivity contribution in [3.05, 3.63) is 47.2 Å². The van der Waals surface area contributed by atoms with Crippen LogP contribution in [0.15, 0.2) is 30.5 Å². The van der Waals surface area contributed by atoms with Crippen LogP contribution in [0.3, 0.4) is 0 Å². The Morgan fingerprint density at radius 3 is 2.63 bits per heavy atom. The van der Waals surface area contributed by atoms with Crippen LogP contribution in [0.5, 0.6) is 5.88 Å². The fraction of sp³-hybridized carbons (Fsp3) is 0.200. The number of hydrogen-bond donors (Lipinski definition) is 1. The Bertz CT molecular complexity index is 635. The van der Waals surface area contributed by atoms with Crippen molar-refractivity contribution in [3.8, 4) is 17.0 Å². The first kappa shape index (κ1) is 13.1. The zero-order chi connectivity index (χ0) is 14.0. The normalized spacial score (nSPS) is 10.3. The fourth-order valence-electron chi connectivity index (χ4n) is 1.96. The van der Waals surface area contributed by atoms with Gasteiger partial charge < -0.3 is 9.84 Å². The predicted molar refractivity (Wildman–Crippen MR) is 72.7 cm³/mol. The van der Waals surface area contributed by atoms with E-state index in [0.717, 1.165) is 22.3 Å². The van der Waals surface area contributed by atoms with Gasteiger partial charge in [-0.15, -0.1) is 0 Å².